The van der Waals surface area contributed by atoms with Crippen molar-refractivity contribution in [3.8, 4) is 11.8 Å². The Morgan fingerprint density at radius 1 is 1.40 bits per heavy atom. The zero-order valence-electron chi connectivity index (χ0n) is 11.6. The molecular formula is C14H15N3O3. The molecule has 20 heavy (non-hydrogen) atoms. The van der Waals surface area contributed by atoms with Crippen LogP contribution < -0.4 is 10.1 Å². The zero-order valence-corrected chi connectivity index (χ0v) is 11.6. The highest BCUT2D eigenvalue weighted by atomic mass is 16.5. The number of nitrogens with zero attached hydrogens (tertiary/aromatic N) is 2. The monoisotopic (exact) mass is 273 g/mol. The molecule has 1 N–H and O–H groups in total. The largest absolute Gasteiger partial charge is 0.495 e. The Morgan fingerprint density at radius 3 is 2.60 bits per heavy atom. The molecule has 0 atom stereocenters. The SMILES string of the molecule is COc1cc(CN2C(=O)NC(=O)C2(C)C)ccc1C#N. The van der Waals surface area contributed by atoms with Crippen LogP contribution in [0.15, 0.2) is 18.2 Å². The molecule has 0 radical (unpaired) electrons. The molecule has 0 spiro atoms. The van der Waals surface area contributed by atoms with Gasteiger partial charge in [-0.25, -0.2) is 4.79 Å². The van der Waals surface area contributed by atoms with Crippen LogP contribution in [-0.4, -0.2) is 29.5 Å². The number of rotatable bonds is 3. The number of ether oxygens (including phenoxy) is 1. The number of urea groups is 1. The Balaban J connectivity index is 2.29. The summed E-state index contributed by atoms with van der Waals surface area (Å²) in [5.41, 5.74) is 0.328. The summed E-state index contributed by atoms with van der Waals surface area (Å²) in [7, 11) is 1.48. The summed E-state index contributed by atoms with van der Waals surface area (Å²) >= 11 is 0. The van der Waals surface area contributed by atoms with E-state index in [1.165, 1.54) is 12.0 Å². The minimum atomic E-state index is -0.891. The molecule has 1 aromatic carbocycles. The van der Waals surface area contributed by atoms with Gasteiger partial charge in [-0.15, -0.1) is 0 Å². The van der Waals surface area contributed by atoms with Gasteiger partial charge in [-0.1, -0.05) is 6.07 Å². The van der Waals surface area contributed by atoms with Crippen LogP contribution in [0.4, 0.5) is 4.79 Å². The minimum Gasteiger partial charge on any atom is -0.495 e. The number of imide groups is 1. The van der Waals surface area contributed by atoms with Gasteiger partial charge in [0.1, 0.15) is 17.4 Å². The van der Waals surface area contributed by atoms with E-state index in [1.807, 2.05) is 6.07 Å². The Kier molecular flexibility index (Phi) is 3.36. The quantitative estimate of drug-likeness (QED) is 0.844. The highest BCUT2D eigenvalue weighted by molar-refractivity contribution is 6.06. The Bertz CT molecular complexity index is 617. The number of methoxy groups -OCH3 is 1. The topological polar surface area (TPSA) is 82.4 Å². The predicted octanol–water partition coefficient (Wildman–Crippen LogP) is 1.40. The fourth-order valence-corrected chi connectivity index (χ4v) is 2.07. The molecule has 6 heteroatoms. The average Bonchev–Trinajstić information content (AvgIpc) is 2.61. The molecule has 0 unspecified atom stereocenters. The molecule has 0 aliphatic carbocycles. The standard InChI is InChI=1S/C14H15N3O3/c1-14(2)12(18)16-13(19)17(14)8-9-4-5-10(7-15)11(6-9)20-3/h4-6H,8H2,1-3H3,(H,16,18,19). The van der Waals surface area contributed by atoms with Crippen LogP contribution in [0, 0.1) is 11.3 Å². The maximum absolute atomic E-state index is 11.8. The van der Waals surface area contributed by atoms with Crippen LogP contribution in [0.5, 0.6) is 5.75 Å². The van der Waals surface area contributed by atoms with E-state index in [0.29, 0.717) is 11.3 Å². The molecule has 6 nitrogen and oxygen atoms in total. The second kappa shape index (κ2) is 4.85. The maximum atomic E-state index is 11.8. The smallest absolute Gasteiger partial charge is 0.325 e. The van der Waals surface area contributed by atoms with E-state index < -0.39 is 11.6 Å². The zero-order chi connectivity index (χ0) is 14.9. The number of carbonyl (C=O) groups is 2. The summed E-state index contributed by atoms with van der Waals surface area (Å²) in [6, 6.07) is 6.69. The van der Waals surface area contributed by atoms with Gasteiger partial charge in [0, 0.05) is 6.54 Å². The Morgan fingerprint density at radius 2 is 2.10 bits per heavy atom. The van der Waals surface area contributed by atoms with Gasteiger partial charge in [0.25, 0.3) is 5.91 Å². The molecule has 1 saturated heterocycles. The van der Waals surface area contributed by atoms with Crippen LogP contribution in [0.3, 0.4) is 0 Å². The predicted molar refractivity (Wildman–Crippen MR) is 70.9 cm³/mol. The number of nitriles is 1. The molecule has 1 aliphatic rings. The molecule has 1 fully saturated rings. The molecule has 1 aromatic rings. The van der Waals surface area contributed by atoms with Crippen LogP contribution in [0.25, 0.3) is 0 Å². The molecule has 1 heterocycles. The molecule has 1 aliphatic heterocycles. The molecule has 0 aromatic heterocycles. The van der Waals surface area contributed by atoms with Crippen molar-refractivity contribution in [1.82, 2.24) is 10.2 Å². The number of benzene rings is 1. The first-order valence-corrected chi connectivity index (χ1v) is 6.10. The maximum Gasteiger partial charge on any atom is 0.325 e. The van der Waals surface area contributed by atoms with E-state index in [1.54, 1.807) is 32.0 Å². The van der Waals surface area contributed by atoms with Crippen LogP contribution in [0.2, 0.25) is 0 Å². The summed E-state index contributed by atoms with van der Waals surface area (Å²) in [4.78, 5) is 24.9. The molecular weight excluding hydrogens is 258 g/mol. The Labute approximate surface area is 116 Å². The van der Waals surface area contributed by atoms with E-state index in [-0.39, 0.29) is 12.5 Å². The van der Waals surface area contributed by atoms with Gasteiger partial charge in [-0.05, 0) is 31.5 Å². The van der Waals surface area contributed by atoms with E-state index in [2.05, 4.69) is 5.32 Å². The summed E-state index contributed by atoms with van der Waals surface area (Å²) in [6.45, 7) is 3.65. The third kappa shape index (κ3) is 2.18. The van der Waals surface area contributed by atoms with Gasteiger partial charge in [-0.2, -0.15) is 5.26 Å². The number of nitrogens with one attached hydrogen (secondary N) is 1. The summed E-state index contributed by atoms with van der Waals surface area (Å²) in [5, 5.41) is 11.2. The lowest BCUT2D eigenvalue weighted by molar-refractivity contribution is -0.125. The number of carbonyl (C=O) groups excluding carboxylic acids is 2. The van der Waals surface area contributed by atoms with Crippen LogP contribution >= 0.6 is 0 Å². The third-order valence-corrected chi connectivity index (χ3v) is 3.42. The molecule has 0 bridgehead atoms. The van der Waals surface area contributed by atoms with Crippen molar-refractivity contribution in [2.45, 2.75) is 25.9 Å². The summed E-state index contributed by atoms with van der Waals surface area (Å²) < 4.78 is 5.13. The Hall–Kier alpha value is -2.55. The van der Waals surface area contributed by atoms with E-state index in [4.69, 9.17) is 10.00 Å². The first kappa shape index (κ1) is 13.9. The van der Waals surface area contributed by atoms with Gasteiger partial charge in [0.05, 0.1) is 12.7 Å². The minimum absolute atomic E-state index is 0.270. The van der Waals surface area contributed by atoms with Crippen molar-refractivity contribution < 1.29 is 14.3 Å². The molecule has 3 amide bonds. The molecule has 0 saturated carbocycles. The van der Waals surface area contributed by atoms with Gasteiger partial charge in [0.15, 0.2) is 0 Å². The van der Waals surface area contributed by atoms with Crippen molar-refractivity contribution in [2.75, 3.05) is 7.11 Å². The van der Waals surface area contributed by atoms with E-state index in [0.717, 1.165) is 5.56 Å². The van der Waals surface area contributed by atoms with Gasteiger partial charge in [-0.3, -0.25) is 10.1 Å². The fraction of sp³-hybridized carbons (Fsp3) is 0.357. The molecule has 2 rings (SSSR count). The highest BCUT2D eigenvalue weighted by Gasteiger charge is 2.45. The lowest BCUT2D eigenvalue weighted by Crippen LogP contribution is -2.43. The lowest BCUT2D eigenvalue weighted by Gasteiger charge is -2.28. The van der Waals surface area contributed by atoms with Crippen LogP contribution in [0.1, 0.15) is 25.0 Å². The van der Waals surface area contributed by atoms with Gasteiger partial charge in [0.2, 0.25) is 0 Å². The van der Waals surface area contributed by atoms with Crippen molar-refractivity contribution in [3.63, 3.8) is 0 Å². The third-order valence-electron chi connectivity index (χ3n) is 3.42. The number of hydrogen-bond acceptors (Lipinski definition) is 4. The normalized spacial score (nSPS) is 16.8. The summed E-state index contributed by atoms with van der Waals surface area (Å²) in [6.07, 6.45) is 0. The first-order valence-electron chi connectivity index (χ1n) is 6.10. The van der Waals surface area contributed by atoms with Crippen molar-refractivity contribution in [1.29, 1.82) is 5.26 Å². The second-order valence-electron chi connectivity index (χ2n) is 5.05. The number of amides is 3. The average molecular weight is 273 g/mol. The van der Waals surface area contributed by atoms with Gasteiger partial charge >= 0.3 is 6.03 Å². The fourth-order valence-electron chi connectivity index (χ4n) is 2.07. The highest BCUT2D eigenvalue weighted by Crippen LogP contribution is 2.26. The van der Waals surface area contributed by atoms with E-state index >= 15 is 0 Å². The van der Waals surface area contributed by atoms with Crippen LogP contribution in [-0.2, 0) is 11.3 Å². The first-order chi connectivity index (χ1) is 9.40. The summed E-state index contributed by atoms with van der Waals surface area (Å²) in [5.74, 6) is 0.136. The second-order valence-corrected chi connectivity index (χ2v) is 5.05. The van der Waals surface area contributed by atoms with E-state index in [9.17, 15) is 9.59 Å². The van der Waals surface area contributed by atoms with Crippen molar-refractivity contribution >= 4 is 11.9 Å². The van der Waals surface area contributed by atoms with Gasteiger partial charge < -0.3 is 9.64 Å². The van der Waals surface area contributed by atoms with Crippen molar-refractivity contribution in [2.24, 2.45) is 0 Å². The van der Waals surface area contributed by atoms with Crippen molar-refractivity contribution in [3.05, 3.63) is 29.3 Å². The number of hydrogen-bond donors (Lipinski definition) is 1. The lowest BCUT2D eigenvalue weighted by atomic mass is 10.0. The molecule has 104 valence electrons.